The summed E-state index contributed by atoms with van der Waals surface area (Å²) in [6.07, 6.45) is 13.4. The monoisotopic (exact) mass is 468 g/mol. The van der Waals surface area contributed by atoms with E-state index in [-0.39, 0.29) is 17.5 Å². The molecule has 2 nitrogen and oxygen atoms in total. The maximum Gasteiger partial charge on any atom is 0.302 e. The minimum atomic E-state index is -0.107. The van der Waals surface area contributed by atoms with E-state index in [9.17, 15) is 4.79 Å². The van der Waals surface area contributed by atoms with Gasteiger partial charge in [-0.2, -0.15) is 0 Å². The second kappa shape index (κ2) is 7.61. The second-order valence-electron chi connectivity index (χ2n) is 15.3. The smallest absolute Gasteiger partial charge is 0.302 e. The molecular weight excluding hydrogens is 416 g/mol. The lowest BCUT2D eigenvalue weighted by Gasteiger charge is -2.73. The van der Waals surface area contributed by atoms with Gasteiger partial charge < -0.3 is 4.74 Å². The summed E-state index contributed by atoms with van der Waals surface area (Å²) in [4.78, 5) is 11.9. The van der Waals surface area contributed by atoms with E-state index in [0.29, 0.717) is 27.6 Å². The van der Waals surface area contributed by atoms with E-state index in [1.54, 1.807) is 6.92 Å². The highest BCUT2D eigenvalue weighted by Crippen LogP contribution is 2.77. The largest absolute Gasteiger partial charge is 0.462 e. The van der Waals surface area contributed by atoms with Gasteiger partial charge in [-0.15, -0.1) is 0 Å². The van der Waals surface area contributed by atoms with E-state index in [0.717, 1.165) is 30.1 Å². The van der Waals surface area contributed by atoms with Gasteiger partial charge in [0.25, 0.3) is 0 Å². The Balaban J connectivity index is 1.50. The number of carbonyl (C=O) groups excluding carboxylic acids is 1. The van der Waals surface area contributed by atoms with Crippen LogP contribution in [0, 0.1) is 56.7 Å². The molecule has 0 aromatic rings. The molecule has 0 N–H and O–H groups in total. The van der Waals surface area contributed by atoms with Crippen LogP contribution in [0.15, 0.2) is 12.2 Å². The standard InChI is InChI=1S/C32H52O2/c1-20(2)22-12-15-29(6)18-19-31(8)23(27(22)29)10-11-25-30(7)16-14-26(34-21(3)33)28(4,5)24(30)13-17-32(25,31)9/h22-27H,1,10-19H2,2-9H3/t22-,23?,24?,25-,26-,27-,29-,30+,31-,32-/m1/s1. The van der Waals surface area contributed by atoms with Crippen LogP contribution in [-0.4, -0.2) is 12.1 Å². The number of ether oxygens (including phenoxy) is 1. The molecule has 0 aromatic heterocycles. The lowest BCUT2D eigenvalue weighted by molar-refractivity contribution is -0.248. The average molecular weight is 469 g/mol. The first kappa shape index (κ1) is 24.9. The summed E-state index contributed by atoms with van der Waals surface area (Å²) in [6, 6.07) is 0. The van der Waals surface area contributed by atoms with Crippen molar-refractivity contribution in [3.8, 4) is 0 Å². The Morgan fingerprint density at radius 1 is 0.765 bits per heavy atom. The summed E-state index contributed by atoms with van der Waals surface area (Å²) < 4.78 is 5.91. The van der Waals surface area contributed by atoms with Gasteiger partial charge in [0.2, 0.25) is 0 Å². The van der Waals surface area contributed by atoms with E-state index in [1.807, 2.05) is 0 Å². The number of fused-ring (bicyclic) bond motifs is 7. The maximum atomic E-state index is 11.9. The van der Waals surface area contributed by atoms with Gasteiger partial charge in [0.05, 0.1) is 0 Å². The average Bonchev–Trinajstić information content (AvgIpc) is 3.08. The Hall–Kier alpha value is -0.790. The SMILES string of the molecule is C=C(C)[C@H]1CC[C@]2(C)CC[C@]3(C)C(CC[C@@H]4[C@@]5(C)CC[C@@H](OC(C)=O)C(C)(C)C5CC[C@]43C)[C@@H]12. The van der Waals surface area contributed by atoms with Gasteiger partial charge in [0.1, 0.15) is 6.10 Å². The summed E-state index contributed by atoms with van der Waals surface area (Å²) >= 11 is 0. The molecule has 5 aliphatic carbocycles. The van der Waals surface area contributed by atoms with Crippen LogP contribution in [0.1, 0.15) is 120 Å². The van der Waals surface area contributed by atoms with Crippen LogP contribution in [0.4, 0.5) is 0 Å². The zero-order valence-electron chi connectivity index (χ0n) is 23.6. The molecule has 0 radical (unpaired) electrons. The van der Waals surface area contributed by atoms with Crippen LogP contribution >= 0.6 is 0 Å². The fourth-order valence-electron chi connectivity index (χ4n) is 11.9. The molecule has 5 aliphatic rings. The van der Waals surface area contributed by atoms with Gasteiger partial charge in [-0.3, -0.25) is 4.79 Å². The maximum absolute atomic E-state index is 11.9. The van der Waals surface area contributed by atoms with Gasteiger partial charge >= 0.3 is 5.97 Å². The molecule has 0 heterocycles. The van der Waals surface area contributed by atoms with Crippen molar-refractivity contribution < 1.29 is 9.53 Å². The summed E-state index contributed by atoms with van der Waals surface area (Å²) in [5.74, 6) is 3.74. The lowest BCUT2D eigenvalue weighted by atomic mass is 9.32. The van der Waals surface area contributed by atoms with Gasteiger partial charge in [0.15, 0.2) is 0 Å². The normalized spacial score (nSPS) is 53.6. The quantitative estimate of drug-likeness (QED) is 0.299. The second-order valence-corrected chi connectivity index (χ2v) is 15.3. The number of hydrogen-bond donors (Lipinski definition) is 0. The van der Waals surface area contributed by atoms with E-state index < -0.39 is 0 Å². The van der Waals surface area contributed by atoms with Crippen LogP contribution in [0.2, 0.25) is 0 Å². The van der Waals surface area contributed by atoms with Crippen LogP contribution in [0.3, 0.4) is 0 Å². The third kappa shape index (κ3) is 3.08. The molecule has 0 spiro atoms. The van der Waals surface area contributed by atoms with E-state index in [4.69, 9.17) is 4.74 Å². The van der Waals surface area contributed by atoms with E-state index >= 15 is 0 Å². The third-order valence-corrected chi connectivity index (χ3v) is 13.7. The van der Waals surface area contributed by atoms with Crippen molar-refractivity contribution >= 4 is 5.97 Å². The molecule has 5 rings (SSSR count). The molecule has 5 fully saturated rings. The summed E-state index contributed by atoms with van der Waals surface area (Å²) in [5.41, 5.74) is 3.23. The van der Waals surface area contributed by atoms with Crippen LogP contribution in [-0.2, 0) is 9.53 Å². The summed E-state index contributed by atoms with van der Waals surface area (Å²) in [6.45, 7) is 23.9. The number of hydrogen-bond acceptors (Lipinski definition) is 2. The summed E-state index contributed by atoms with van der Waals surface area (Å²) in [7, 11) is 0. The van der Waals surface area contributed by atoms with Crippen molar-refractivity contribution in [2.75, 3.05) is 0 Å². The minimum absolute atomic E-state index is 0.0550. The van der Waals surface area contributed by atoms with Crippen molar-refractivity contribution in [1.29, 1.82) is 0 Å². The van der Waals surface area contributed by atoms with E-state index in [1.165, 1.54) is 63.4 Å². The number of allylic oxidation sites excluding steroid dienone is 1. The molecule has 34 heavy (non-hydrogen) atoms. The Morgan fingerprint density at radius 2 is 1.47 bits per heavy atom. The topological polar surface area (TPSA) is 26.3 Å². The number of esters is 1. The Bertz CT molecular complexity index is 872. The molecule has 0 amide bonds. The molecule has 192 valence electrons. The van der Waals surface area contributed by atoms with Gasteiger partial charge in [-0.1, -0.05) is 53.7 Å². The van der Waals surface area contributed by atoms with Gasteiger partial charge in [-0.05, 0) is 122 Å². The molecule has 2 heteroatoms. The first-order valence-electron chi connectivity index (χ1n) is 14.5. The molecular formula is C32H52O2. The van der Waals surface area contributed by atoms with Gasteiger partial charge in [-0.25, -0.2) is 0 Å². The molecule has 0 saturated heterocycles. The van der Waals surface area contributed by atoms with Crippen molar-refractivity contribution in [3.05, 3.63) is 12.2 Å². The number of carbonyl (C=O) groups is 1. The predicted octanol–water partition coefficient (Wildman–Crippen LogP) is 8.60. The molecule has 2 unspecified atom stereocenters. The van der Waals surface area contributed by atoms with Crippen LogP contribution in [0.25, 0.3) is 0 Å². The van der Waals surface area contributed by atoms with Crippen molar-refractivity contribution in [1.82, 2.24) is 0 Å². The molecule has 10 atom stereocenters. The van der Waals surface area contributed by atoms with Crippen LogP contribution in [0.5, 0.6) is 0 Å². The molecule has 0 aliphatic heterocycles. The Labute approximate surface area is 210 Å². The zero-order chi connectivity index (χ0) is 24.9. The minimum Gasteiger partial charge on any atom is -0.462 e. The fourth-order valence-corrected chi connectivity index (χ4v) is 11.9. The lowest BCUT2D eigenvalue weighted by Crippen LogP contribution is -2.66. The zero-order valence-corrected chi connectivity index (χ0v) is 23.6. The Kier molecular flexibility index (Phi) is 5.57. The molecule has 0 bridgehead atoms. The van der Waals surface area contributed by atoms with Gasteiger partial charge in [0, 0.05) is 12.3 Å². The van der Waals surface area contributed by atoms with Crippen molar-refractivity contribution in [2.45, 2.75) is 126 Å². The van der Waals surface area contributed by atoms with Crippen LogP contribution < -0.4 is 0 Å². The van der Waals surface area contributed by atoms with Crippen molar-refractivity contribution in [2.24, 2.45) is 56.7 Å². The third-order valence-electron chi connectivity index (χ3n) is 13.7. The predicted molar refractivity (Wildman–Crippen MR) is 140 cm³/mol. The molecule has 0 aromatic carbocycles. The first-order chi connectivity index (χ1) is 15.7. The highest BCUT2D eigenvalue weighted by atomic mass is 16.5. The molecule has 5 saturated carbocycles. The highest BCUT2D eigenvalue weighted by Gasteiger charge is 2.70. The highest BCUT2D eigenvalue weighted by molar-refractivity contribution is 5.66. The summed E-state index contributed by atoms with van der Waals surface area (Å²) in [5, 5.41) is 0. The number of rotatable bonds is 2. The fraction of sp³-hybridized carbons (Fsp3) is 0.906. The van der Waals surface area contributed by atoms with Crippen molar-refractivity contribution in [3.63, 3.8) is 0 Å². The van der Waals surface area contributed by atoms with E-state index in [2.05, 4.69) is 55.0 Å². The Morgan fingerprint density at radius 3 is 2.12 bits per heavy atom. The first-order valence-corrected chi connectivity index (χ1v) is 14.5.